The second-order valence-electron chi connectivity index (χ2n) is 6.41. The lowest BCUT2D eigenvalue weighted by molar-refractivity contribution is -0.121. The van der Waals surface area contributed by atoms with Gasteiger partial charge in [0.15, 0.2) is 6.61 Å². The van der Waals surface area contributed by atoms with Crippen molar-refractivity contribution in [1.29, 1.82) is 0 Å². The molecule has 0 saturated carbocycles. The average molecular weight is 438 g/mol. The molecule has 152 valence electrons. The topological polar surface area (TPSA) is 55.8 Å². The molecule has 0 aliphatic carbocycles. The van der Waals surface area contributed by atoms with Crippen molar-refractivity contribution in [1.82, 2.24) is 0 Å². The van der Waals surface area contributed by atoms with Crippen LogP contribution in [0, 0.1) is 0 Å². The molecule has 3 aromatic rings. The number of hydrogen-bond acceptors (Lipinski definition) is 6. The molecule has 0 aromatic heterocycles. The molecule has 1 aliphatic rings. The minimum atomic E-state index is -0.596. The zero-order chi connectivity index (χ0) is 21.1. The smallest absolute Gasteiger partial charge is 0.342 e. The predicted molar refractivity (Wildman–Crippen MR) is 119 cm³/mol. The summed E-state index contributed by atoms with van der Waals surface area (Å²) in [5.41, 5.74) is 1.85. The van der Waals surface area contributed by atoms with Crippen molar-refractivity contribution in [3.8, 4) is 5.75 Å². The monoisotopic (exact) mass is 437 g/mol. The minimum absolute atomic E-state index is 0.290. The summed E-state index contributed by atoms with van der Waals surface area (Å²) in [6.07, 6.45) is 1.94. The number of fused-ring (bicyclic) bond motifs is 2. The van der Waals surface area contributed by atoms with E-state index in [-0.39, 0.29) is 18.1 Å². The van der Waals surface area contributed by atoms with E-state index in [4.69, 9.17) is 9.47 Å². The molecule has 1 amide bonds. The summed E-state index contributed by atoms with van der Waals surface area (Å²) in [6, 6.07) is 20.6. The predicted octanol–water partition coefficient (Wildman–Crippen LogP) is 5.40. The summed E-state index contributed by atoms with van der Waals surface area (Å²) in [5.74, 6) is -0.492. The highest BCUT2D eigenvalue weighted by atomic mass is 32.2. The van der Waals surface area contributed by atoms with Crippen LogP contribution in [-0.2, 0) is 9.53 Å². The van der Waals surface area contributed by atoms with Crippen LogP contribution in [0.25, 0.3) is 0 Å². The van der Waals surface area contributed by atoms with Crippen molar-refractivity contribution >= 4 is 46.8 Å². The Morgan fingerprint density at radius 3 is 2.20 bits per heavy atom. The van der Waals surface area contributed by atoms with E-state index in [9.17, 15) is 9.59 Å². The third kappa shape index (κ3) is 3.91. The Balaban J connectivity index is 1.56. The number of para-hydroxylation sites is 2. The van der Waals surface area contributed by atoms with Crippen LogP contribution in [0.1, 0.15) is 10.4 Å². The molecule has 1 heterocycles. The number of benzene rings is 3. The molecule has 30 heavy (non-hydrogen) atoms. The molecule has 0 radical (unpaired) electrons. The van der Waals surface area contributed by atoms with Gasteiger partial charge in [0.25, 0.3) is 5.91 Å². The second-order valence-corrected chi connectivity index (χ2v) is 8.37. The standard InChI is InChI=1S/C23H19NO4S2/c1-27-19-13-15(29-2)11-12-16(19)23(26)28-14-22(25)24-17-7-3-5-9-20(17)30-21-10-6-4-8-18(21)24/h3-13H,14H2,1-2H3. The molecule has 5 nitrogen and oxygen atoms in total. The molecule has 0 N–H and O–H groups in total. The highest BCUT2D eigenvalue weighted by molar-refractivity contribution is 7.99. The van der Waals surface area contributed by atoms with Gasteiger partial charge >= 0.3 is 5.97 Å². The van der Waals surface area contributed by atoms with E-state index in [1.54, 1.807) is 40.6 Å². The van der Waals surface area contributed by atoms with Gasteiger partial charge in [0.2, 0.25) is 0 Å². The molecule has 1 aliphatic heterocycles. The first-order valence-corrected chi connectivity index (χ1v) is 11.2. The van der Waals surface area contributed by atoms with Gasteiger partial charge in [0.05, 0.1) is 18.5 Å². The summed E-state index contributed by atoms with van der Waals surface area (Å²) in [7, 11) is 1.50. The fraction of sp³-hybridized carbons (Fsp3) is 0.130. The Morgan fingerprint density at radius 2 is 1.60 bits per heavy atom. The molecule has 4 rings (SSSR count). The third-order valence-corrected chi connectivity index (χ3v) is 6.49. The molecule has 0 fully saturated rings. The first-order chi connectivity index (χ1) is 14.6. The van der Waals surface area contributed by atoms with Gasteiger partial charge in [0, 0.05) is 14.7 Å². The molecule has 0 spiro atoms. The molecular formula is C23H19NO4S2. The highest BCUT2D eigenvalue weighted by Crippen LogP contribution is 2.47. The molecule has 0 bridgehead atoms. The lowest BCUT2D eigenvalue weighted by Crippen LogP contribution is -2.32. The number of rotatable bonds is 5. The number of hydrogen-bond donors (Lipinski definition) is 0. The number of amides is 1. The summed E-state index contributed by atoms with van der Waals surface area (Å²) in [4.78, 5) is 30.3. The molecule has 0 unspecified atom stereocenters. The number of thioether (sulfide) groups is 1. The molecular weight excluding hydrogens is 418 g/mol. The Bertz CT molecular complexity index is 1070. The van der Waals surface area contributed by atoms with Crippen LogP contribution >= 0.6 is 23.5 Å². The SMILES string of the molecule is COc1cc(SC)ccc1C(=O)OCC(=O)N1c2ccccc2Sc2ccccc21. The lowest BCUT2D eigenvalue weighted by Gasteiger charge is -2.30. The van der Waals surface area contributed by atoms with Crippen LogP contribution in [0.2, 0.25) is 0 Å². The van der Waals surface area contributed by atoms with Gasteiger partial charge in [-0.3, -0.25) is 9.69 Å². The van der Waals surface area contributed by atoms with Crippen LogP contribution in [0.15, 0.2) is 81.4 Å². The largest absolute Gasteiger partial charge is 0.496 e. The quantitative estimate of drug-likeness (QED) is 0.393. The molecule has 3 aromatic carbocycles. The Kier molecular flexibility index (Phi) is 6.01. The van der Waals surface area contributed by atoms with Crippen LogP contribution in [0.3, 0.4) is 0 Å². The lowest BCUT2D eigenvalue weighted by atomic mass is 10.2. The van der Waals surface area contributed by atoms with E-state index in [1.807, 2.05) is 60.9 Å². The van der Waals surface area contributed by atoms with Crippen molar-refractivity contribution < 1.29 is 19.1 Å². The third-order valence-electron chi connectivity index (χ3n) is 4.64. The van der Waals surface area contributed by atoms with E-state index in [0.717, 1.165) is 26.1 Å². The van der Waals surface area contributed by atoms with Crippen LogP contribution in [-0.4, -0.2) is 31.8 Å². The van der Waals surface area contributed by atoms with Crippen molar-refractivity contribution in [3.63, 3.8) is 0 Å². The zero-order valence-electron chi connectivity index (χ0n) is 16.5. The minimum Gasteiger partial charge on any atom is -0.496 e. The Hall–Kier alpha value is -2.90. The maximum absolute atomic E-state index is 13.1. The van der Waals surface area contributed by atoms with E-state index < -0.39 is 5.97 Å². The van der Waals surface area contributed by atoms with Crippen LogP contribution in [0.5, 0.6) is 5.75 Å². The Labute approximate surface area is 183 Å². The van der Waals surface area contributed by atoms with E-state index >= 15 is 0 Å². The number of carbonyl (C=O) groups is 2. The van der Waals surface area contributed by atoms with Gasteiger partial charge in [-0.15, -0.1) is 11.8 Å². The van der Waals surface area contributed by atoms with E-state index in [2.05, 4.69) is 0 Å². The Morgan fingerprint density at radius 1 is 0.967 bits per heavy atom. The normalized spacial score (nSPS) is 12.0. The molecule has 7 heteroatoms. The van der Waals surface area contributed by atoms with Crippen molar-refractivity contribution in [2.24, 2.45) is 0 Å². The number of ether oxygens (including phenoxy) is 2. The van der Waals surface area contributed by atoms with Crippen LogP contribution < -0.4 is 9.64 Å². The van der Waals surface area contributed by atoms with Crippen LogP contribution in [0.4, 0.5) is 11.4 Å². The fourth-order valence-electron chi connectivity index (χ4n) is 3.21. The summed E-state index contributed by atoms with van der Waals surface area (Å²) >= 11 is 3.16. The zero-order valence-corrected chi connectivity index (χ0v) is 18.1. The van der Waals surface area contributed by atoms with Gasteiger partial charge in [-0.2, -0.15) is 0 Å². The van der Waals surface area contributed by atoms with E-state index in [0.29, 0.717) is 5.75 Å². The van der Waals surface area contributed by atoms with Gasteiger partial charge in [-0.1, -0.05) is 36.0 Å². The second kappa shape index (κ2) is 8.85. The maximum Gasteiger partial charge on any atom is 0.342 e. The summed E-state index contributed by atoms with van der Waals surface area (Å²) in [5, 5.41) is 0. The molecule has 0 atom stereocenters. The summed E-state index contributed by atoms with van der Waals surface area (Å²) < 4.78 is 10.7. The number of methoxy groups -OCH3 is 1. The van der Waals surface area contributed by atoms with Crippen molar-refractivity contribution in [2.45, 2.75) is 14.7 Å². The maximum atomic E-state index is 13.1. The fourth-order valence-corrected chi connectivity index (χ4v) is 4.70. The van der Waals surface area contributed by atoms with E-state index in [1.165, 1.54) is 7.11 Å². The van der Waals surface area contributed by atoms with Gasteiger partial charge in [-0.25, -0.2) is 4.79 Å². The number of nitrogens with zero attached hydrogens (tertiary/aromatic N) is 1. The van der Waals surface area contributed by atoms with Crippen molar-refractivity contribution in [2.75, 3.05) is 24.9 Å². The average Bonchev–Trinajstić information content (AvgIpc) is 2.80. The molecule has 0 saturated heterocycles. The highest BCUT2D eigenvalue weighted by Gasteiger charge is 2.28. The number of anilines is 2. The van der Waals surface area contributed by atoms with Gasteiger partial charge in [-0.05, 0) is 48.7 Å². The van der Waals surface area contributed by atoms with Crippen molar-refractivity contribution in [3.05, 3.63) is 72.3 Å². The van der Waals surface area contributed by atoms with Gasteiger partial charge in [0.1, 0.15) is 11.3 Å². The first-order valence-electron chi connectivity index (χ1n) is 9.20. The first kappa shape index (κ1) is 20.4. The number of carbonyl (C=O) groups excluding carboxylic acids is 2. The number of esters is 1. The van der Waals surface area contributed by atoms with Gasteiger partial charge < -0.3 is 9.47 Å². The summed E-state index contributed by atoms with van der Waals surface area (Å²) in [6.45, 7) is -0.375.